The van der Waals surface area contributed by atoms with Crippen molar-refractivity contribution in [2.75, 3.05) is 65.4 Å². The third-order valence-electron chi connectivity index (χ3n) is 3.58. The van der Waals surface area contributed by atoms with Gasteiger partial charge < -0.3 is 25.6 Å². The Hall–Kier alpha value is -0.571. The average Bonchev–Trinajstić information content (AvgIpc) is 2.50. The number of carbonyl (C=O) groups excluding carboxylic acids is 1. The van der Waals surface area contributed by atoms with Gasteiger partial charge in [-0.1, -0.05) is 0 Å². The number of carbonyl (C=O) groups is 2. The molecule has 0 aromatic carbocycles. The number of nitrogens with zero attached hydrogens (tertiary/aromatic N) is 2. The number of nitrogens with one attached hydrogen (secondary N) is 2. The third-order valence-corrected chi connectivity index (χ3v) is 3.58. The number of rotatable bonds is 4. The van der Waals surface area contributed by atoms with Gasteiger partial charge in [0.1, 0.15) is 0 Å². The summed E-state index contributed by atoms with van der Waals surface area (Å²) in [6, 6.07) is 0. The van der Waals surface area contributed by atoms with Crippen LogP contribution in [0.4, 0.5) is 0 Å². The summed E-state index contributed by atoms with van der Waals surface area (Å²) < 4.78 is 34.0. The minimum absolute atomic E-state index is 0. The molecule has 0 aliphatic carbocycles. The summed E-state index contributed by atoms with van der Waals surface area (Å²) in [4.78, 5) is 25.4. The number of hydrogen-bond donors (Lipinski definition) is 3. The maximum absolute atomic E-state index is 10.9. The van der Waals surface area contributed by atoms with Crippen molar-refractivity contribution in [2.45, 2.75) is 12.8 Å². The molecule has 0 spiro atoms. The molecule has 0 saturated carbocycles. The number of hydrogen-bond acceptors (Lipinski definition) is 11. The summed E-state index contributed by atoms with van der Waals surface area (Å²) in [7, 11) is -4.94. The fourth-order valence-electron chi connectivity index (χ4n) is 2.48. The second-order valence-electron chi connectivity index (χ2n) is 5.90. The van der Waals surface area contributed by atoms with Crippen LogP contribution < -0.4 is 34.4 Å². The van der Waals surface area contributed by atoms with Crippen molar-refractivity contribution in [3.05, 3.63) is 0 Å². The average molecular weight is 478 g/mol. The predicted molar refractivity (Wildman–Crippen MR) is 80.5 cm³/mol. The van der Waals surface area contributed by atoms with E-state index in [1.807, 2.05) is 9.80 Å². The van der Waals surface area contributed by atoms with Crippen molar-refractivity contribution in [1.29, 1.82) is 0 Å². The molecular weight excluding hydrogens is 451 g/mol. The van der Waals surface area contributed by atoms with Crippen LogP contribution in [0.2, 0.25) is 0 Å². The van der Waals surface area contributed by atoms with Gasteiger partial charge in [0.05, 0.1) is 12.5 Å². The van der Waals surface area contributed by atoms with Gasteiger partial charge >= 0.3 is 23.0 Å². The van der Waals surface area contributed by atoms with Crippen molar-refractivity contribution in [3.8, 4) is 0 Å². The van der Waals surface area contributed by atoms with E-state index in [1.54, 1.807) is 0 Å². The third kappa shape index (κ3) is 23.5. The smallest absolute Gasteiger partial charge is 0.549 e. The van der Waals surface area contributed by atoms with Crippen LogP contribution in [0.5, 0.6) is 0 Å². The fraction of sp³-hybridized carbons (Fsp3) is 0.857. The van der Waals surface area contributed by atoms with E-state index in [-0.39, 0.29) is 30.2 Å². The molecule has 12 nitrogen and oxygen atoms in total. The minimum atomic E-state index is -4.94. The molecule has 1 aliphatic heterocycles. The second-order valence-corrected chi connectivity index (χ2v) is 6.66. The quantitative estimate of drug-likeness (QED) is 0.323. The van der Waals surface area contributed by atoms with E-state index in [4.69, 9.17) is 23.7 Å². The molecule has 1 heterocycles. The molecule has 0 bridgehead atoms. The van der Waals surface area contributed by atoms with Crippen molar-refractivity contribution in [2.24, 2.45) is 0 Å². The van der Waals surface area contributed by atoms with Crippen LogP contribution in [0.15, 0.2) is 0 Å². The first-order chi connectivity index (χ1) is 12.6. The molecule has 0 unspecified atom stereocenters. The van der Waals surface area contributed by atoms with Crippen LogP contribution in [0.1, 0.15) is 12.8 Å². The first kappa shape index (κ1) is 29.6. The molecule has 14 heteroatoms. The molecular formula is C14H27ClCuN4O8. The van der Waals surface area contributed by atoms with E-state index in [9.17, 15) is 14.7 Å². The standard InChI is InChI=1S/C14H28N4O4.ClHO4.Cu/c19-13(20)11-17-7-1-3-15-5-6-16-4-2-8-18(10-9-17)12-14(21)22;2-1(3,4)5;/h15-16H,1-12H2,(H,19,20)(H,21,22);(H,2,3,4,5);/q;;+2/p-2. The molecule has 0 amide bonds. The maximum atomic E-state index is 10.9. The van der Waals surface area contributed by atoms with E-state index in [1.165, 1.54) is 0 Å². The zero-order valence-electron chi connectivity index (χ0n) is 15.4. The van der Waals surface area contributed by atoms with Gasteiger partial charge in [0.25, 0.3) is 0 Å². The number of carboxylic acids is 2. The SMILES string of the molecule is O=C([O-])CN1CCCNCCNCCCN(CC(=O)O)CC1.[Cu+2].[O-][Cl+3]([O-])([O-])[O-]. The predicted octanol–water partition coefficient (Wildman–Crippen LogP) is -7.36. The Morgan fingerprint density at radius 2 is 1.21 bits per heavy atom. The Labute approximate surface area is 176 Å². The molecule has 169 valence electrons. The fourth-order valence-corrected chi connectivity index (χ4v) is 2.48. The number of aliphatic carboxylic acids is 2. The van der Waals surface area contributed by atoms with Gasteiger partial charge in [0.15, 0.2) is 0 Å². The van der Waals surface area contributed by atoms with E-state index in [0.717, 1.165) is 39.0 Å². The molecule has 1 fully saturated rings. The Morgan fingerprint density at radius 3 is 1.57 bits per heavy atom. The van der Waals surface area contributed by atoms with Crippen LogP contribution in [0.25, 0.3) is 0 Å². The van der Waals surface area contributed by atoms with Crippen molar-refractivity contribution in [1.82, 2.24) is 20.4 Å². The molecule has 28 heavy (non-hydrogen) atoms. The number of carboxylic acid groups (broad SMARTS) is 2. The zero-order valence-corrected chi connectivity index (χ0v) is 17.1. The van der Waals surface area contributed by atoms with Crippen molar-refractivity contribution >= 4 is 11.9 Å². The van der Waals surface area contributed by atoms with E-state index in [2.05, 4.69) is 10.6 Å². The minimum Gasteiger partial charge on any atom is -0.549 e. The topological polar surface area (TPSA) is 200 Å². The Bertz CT molecular complexity index is 393. The molecule has 1 saturated heterocycles. The monoisotopic (exact) mass is 477 g/mol. The normalized spacial score (nSPS) is 18.7. The van der Waals surface area contributed by atoms with Gasteiger partial charge in [0.2, 0.25) is 0 Å². The van der Waals surface area contributed by atoms with Gasteiger partial charge in [0, 0.05) is 32.7 Å². The molecule has 3 N–H and O–H groups in total. The Kier molecular flexibility index (Phi) is 18.3. The van der Waals surface area contributed by atoms with E-state index < -0.39 is 22.2 Å². The van der Waals surface area contributed by atoms with Crippen LogP contribution in [0.3, 0.4) is 0 Å². The number of halogens is 1. The summed E-state index contributed by atoms with van der Waals surface area (Å²) in [5.41, 5.74) is 0. The molecule has 0 aromatic heterocycles. The molecule has 1 aliphatic rings. The Morgan fingerprint density at radius 1 is 0.821 bits per heavy atom. The summed E-state index contributed by atoms with van der Waals surface area (Å²) >= 11 is 0. The van der Waals surface area contributed by atoms with Crippen LogP contribution in [0, 0.1) is 10.2 Å². The van der Waals surface area contributed by atoms with Gasteiger partial charge in [-0.15, -0.1) is 10.2 Å². The first-order valence-corrected chi connectivity index (χ1v) is 9.71. The van der Waals surface area contributed by atoms with E-state index in [0.29, 0.717) is 26.2 Å². The van der Waals surface area contributed by atoms with Crippen LogP contribution in [-0.4, -0.2) is 92.3 Å². The first-order valence-electron chi connectivity index (χ1n) is 8.47. The van der Waals surface area contributed by atoms with Gasteiger partial charge in [-0.25, -0.2) is 18.6 Å². The zero-order chi connectivity index (χ0) is 20.7. The van der Waals surface area contributed by atoms with Crippen molar-refractivity contribution in [3.63, 3.8) is 0 Å². The summed E-state index contributed by atoms with van der Waals surface area (Å²) in [5.74, 6) is -1.95. The van der Waals surface area contributed by atoms with Gasteiger partial charge in [-0.3, -0.25) is 14.6 Å². The van der Waals surface area contributed by atoms with Crippen LogP contribution in [-0.2, 0) is 26.7 Å². The summed E-state index contributed by atoms with van der Waals surface area (Å²) in [6.45, 7) is 5.75. The second kappa shape index (κ2) is 17.3. The van der Waals surface area contributed by atoms with Crippen molar-refractivity contribution < 1.29 is 65.7 Å². The summed E-state index contributed by atoms with van der Waals surface area (Å²) in [6.07, 6.45) is 1.72. The largest absolute Gasteiger partial charge is 2.00 e. The maximum Gasteiger partial charge on any atom is 2.00 e. The molecule has 1 radical (unpaired) electrons. The molecule has 1 rings (SSSR count). The molecule has 0 atom stereocenters. The Balaban J connectivity index is 0. The van der Waals surface area contributed by atoms with E-state index >= 15 is 0 Å². The summed E-state index contributed by atoms with van der Waals surface area (Å²) in [5, 5.41) is 26.4. The molecule has 0 aromatic rings. The van der Waals surface area contributed by atoms with Crippen LogP contribution >= 0.6 is 0 Å². The van der Waals surface area contributed by atoms with Gasteiger partial charge in [-0.05, 0) is 39.0 Å². The van der Waals surface area contributed by atoms with Gasteiger partial charge in [-0.2, -0.15) is 0 Å².